The zero-order valence-electron chi connectivity index (χ0n) is 29.4. The molecule has 6 aliphatic rings. The van der Waals surface area contributed by atoms with Gasteiger partial charge in [0.05, 0.1) is 37.8 Å². The van der Waals surface area contributed by atoms with Crippen LogP contribution in [-0.4, -0.2) is 102 Å². The standard InChI is InChI=1S/C38H42F5N5O4S/c1-2-24-27(39)6-3-20-11-23(49)12-25(31(20)24)32-30(53-38(41,42)43)13-26-34(33(32)40)45-36(46-35(26)48-14-21-4-5-22(15-48)44-21)52-19-37(7-8-37)18-47-16-28-29(17-47)51-10-9-50-28/h3,6,11,13,21-22,25,28-29,44,49H,2,4-5,7-10,12,14-19H2,1H3/t21?,22?,25?,28-,29+. The highest BCUT2D eigenvalue weighted by atomic mass is 32.2. The number of allylic oxidation sites excluding steroid dienone is 1. The van der Waals surface area contributed by atoms with Crippen LogP contribution in [0.2, 0.25) is 0 Å². The van der Waals surface area contributed by atoms with Crippen LogP contribution in [0, 0.1) is 17.0 Å². The number of thioether (sulfide) groups is 1. The first kappa shape index (κ1) is 35.5. The van der Waals surface area contributed by atoms with Crippen LogP contribution in [0.3, 0.4) is 0 Å². The Balaban J connectivity index is 1.13. The Bertz CT molecular complexity index is 1930. The van der Waals surface area contributed by atoms with Crippen molar-refractivity contribution in [3.05, 3.63) is 57.8 Å². The van der Waals surface area contributed by atoms with Crippen LogP contribution in [0.5, 0.6) is 6.01 Å². The van der Waals surface area contributed by atoms with Gasteiger partial charge in [-0.2, -0.15) is 23.1 Å². The number of ether oxygens (including phenoxy) is 3. The van der Waals surface area contributed by atoms with Crippen molar-refractivity contribution < 1.29 is 41.3 Å². The Morgan fingerprint density at radius 3 is 2.40 bits per heavy atom. The summed E-state index contributed by atoms with van der Waals surface area (Å²) >= 11 is -0.414. The summed E-state index contributed by atoms with van der Waals surface area (Å²) in [6.07, 6.45) is 5.38. The summed E-state index contributed by atoms with van der Waals surface area (Å²) in [7, 11) is 0. The van der Waals surface area contributed by atoms with Crippen molar-refractivity contribution in [1.82, 2.24) is 20.2 Å². The van der Waals surface area contributed by atoms with E-state index in [2.05, 4.69) is 15.2 Å². The highest BCUT2D eigenvalue weighted by Crippen LogP contribution is 2.51. The van der Waals surface area contributed by atoms with Gasteiger partial charge in [-0.1, -0.05) is 13.0 Å². The van der Waals surface area contributed by atoms with Crippen molar-refractivity contribution in [3.8, 4) is 6.01 Å². The molecule has 4 aliphatic heterocycles. The molecule has 284 valence electrons. The Morgan fingerprint density at radius 2 is 1.74 bits per heavy atom. The zero-order chi connectivity index (χ0) is 36.6. The number of piperazine rings is 1. The highest BCUT2D eigenvalue weighted by molar-refractivity contribution is 8.00. The van der Waals surface area contributed by atoms with Crippen LogP contribution in [0.4, 0.5) is 27.8 Å². The molecule has 15 heteroatoms. The minimum Gasteiger partial charge on any atom is -0.512 e. The van der Waals surface area contributed by atoms with Crippen LogP contribution < -0.4 is 15.0 Å². The number of anilines is 1. The summed E-state index contributed by atoms with van der Waals surface area (Å²) in [5.74, 6) is -2.40. The van der Waals surface area contributed by atoms with Gasteiger partial charge >= 0.3 is 11.5 Å². The number of aliphatic hydroxyl groups is 1. The van der Waals surface area contributed by atoms with Crippen molar-refractivity contribution >= 4 is 34.6 Å². The zero-order valence-corrected chi connectivity index (χ0v) is 30.2. The fourth-order valence-corrected chi connectivity index (χ4v) is 9.99. The number of hydrogen-bond acceptors (Lipinski definition) is 10. The number of nitrogens with one attached hydrogen (secondary N) is 1. The Labute approximate surface area is 308 Å². The average molecular weight is 760 g/mol. The third kappa shape index (κ3) is 6.85. The van der Waals surface area contributed by atoms with E-state index in [4.69, 9.17) is 19.2 Å². The van der Waals surface area contributed by atoms with Crippen molar-refractivity contribution in [3.63, 3.8) is 0 Å². The molecular formula is C38H42F5N5O4S. The second-order valence-electron chi connectivity index (χ2n) is 15.5. The fraction of sp³-hybridized carbons (Fsp3) is 0.579. The van der Waals surface area contributed by atoms with E-state index in [0.29, 0.717) is 49.9 Å². The molecule has 2 aromatic carbocycles. The van der Waals surface area contributed by atoms with Crippen LogP contribution in [0.25, 0.3) is 17.0 Å². The Hall–Kier alpha value is -3.24. The first-order valence-corrected chi connectivity index (χ1v) is 19.4. The predicted octanol–water partition coefficient (Wildman–Crippen LogP) is 6.72. The fourth-order valence-electron chi connectivity index (χ4n) is 9.22. The predicted molar refractivity (Wildman–Crippen MR) is 189 cm³/mol. The lowest BCUT2D eigenvalue weighted by Crippen LogP contribution is -2.51. The molecule has 5 fully saturated rings. The summed E-state index contributed by atoms with van der Waals surface area (Å²) in [5, 5.41) is 14.5. The van der Waals surface area contributed by atoms with Crippen LogP contribution in [-0.2, 0) is 15.9 Å². The lowest BCUT2D eigenvalue weighted by Gasteiger charge is -2.35. The highest BCUT2D eigenvalue weighted by Gasteiger charge is 2.48. The molecule has 1 aromatic heterocycles. The van der Waals surface area contributed by atoms with Crippen molar-refractivity contribution in [1.29, 1.82) is 0 Å². The maximum absolute atomic E-state index is 17.5. The number of nitrogens with zero attached hydrogens (tertiary/aromatic N) is 4. The number of rotatable bonds is 9. The quantitative estimate of drug-likeness (QED) is 0.181. The van der Waals surface area contributed by atoms with Crippen LogP contribution >= 0.6 is 11.8 Å². The van der Waals surface area contributed by atoms with Crippen molar-refractivity contribution in [2.45, 2.75) is 86.1 Å². The molecule has 0 radical (unpaired) electrons. The SMILES string of the molecule is CCc1c(F)ccc2c1C(c1c(SC(F)(F)F)cc3c(N4CC5CCC(C4)N5)nc(OCC4(CN5C[C@@H]6OCCO[C@@H]6C5)CC4)nc3c1F)CC(O)=C2. The number of benzene rings is 2. The maximum Gasteiger partial charge on any atom is 0.446 e. The van der Waals surface area contributed by atoms with E-state index in [1.54, 1.807) is 6.92 Å². The molecule has 3 aromatic rings. The van der Waals surface area contributed by atoms with Gasteiger partial charge in [0.15, 0.2) is 5.82 Å². The molecule has 0 amide bonds. The molecular weight excluding hydrogens is 718 g/mol. The molecule has 9 rings (SSSR count). The van der Waals surface area contributed by atoms with E-state index in [9.17, 15) is 18.3 Å². The number of likely N-dealkylation sites (tertiary alicyclic amines) is 1. The van der Waals surface area contributed by atoms with Gasteiger partial charge in [0, 0.05) is 78.4 Å². The van der Waals surface area contributed by atoms with Gasteiger partial charge in [-0.25, -0.2) is 8.78 Å². The van der Waals surface area contributed by atoms with E-state index in [1.807, 2.05) is 4.90 Å². The molecule has 1 saturated carbocycles. The first-order chi connectivity index (χ1) is 25.5. The van der Waals surface area contributed by atoms with E-state index in [-0.39, 0.29) is 81.2 Å². The second-order valence-corrected chi connectivity index (χ2v) is 16.6. The van der Waals surface area contributed by atoms with Gasteiger partial charge in [-0.3, -0.25) is 4.90 Å². The third-order valence-electron chi connectivity index (χ3n) is 11.8. The van der Waals surface area contributed by atoms with E-state index < -0.39 is 34.8 Å². The minimum atomic E-state index is -4.76. The molecule has 0 spiro atoms. The molecule has 4 saturated heterocycles. The summed E-state index contributed by atoms with van der Waals surface area (Å²) in [6.45, 7) is 6.65. The van der Waals surface area contributed by atoms with Gasteiger partial charge < -0.3 is 29.5 Å². The summed E-state index contributed by atoms with van der Waals surface area (Å²) in [6, 6.07) is 4.35. The second kappa shape index (κ2) is 13.5. The average Bonchev–Trinajstić information content (AvgIpc) is 3.62. The van der Waals surface area contributed by atoms with Crippen LogP contribution in [0.1, 0.15) is 67.2 Å². The van der Waals surface area contributed by atoms with Gasteiger partial charge in [-0.15, -0.1) is 0 Å². The Kier molecular flexibility index (Phi) is 9.03. The summed E-state index contributed by atoms with van der Waals surface area (Å²) in [5.41, 5.74) is -4.28. The van der Waals surface area contributed by atoms with Gasteiger partial charge in [0.1, 0.15) is 17.2 Å². The topological polar surface area (TPSA) is 92.2 Å². The normalized spacial score (nSPS) is 27.8. The van der Waals surface area contributed by atoms with Gasteiger partial charge in [-0.05, 0) is 78.8 Å². The monoisotopic (exact) mass is 759 g/mol. The maximum atomic E-state index is 17.5. The molecule has 5 heterocycles. The summed E-state index contributed by atoms with van der Waals surface area (Å²) in [4.78, 5) is 13.4. The molecule has 2 aliphatic carbocycles. The molecule has 53 heavy (non-hydrogen) atoms. The number of halogens is 5. The number of alkyl halides is 3. The van der Waals surface area contributed by atoms with Crippen molar-refractivity contribution in [2.75, 3.05) is 57.4 Å². The third-order valence-corrected chi connectivity index (χ3v) is 12.6. The summed E-state index contributed by atoms with van der Waals surface area (Å²) < 4.78 is 93.8. The first-order valence-electron chi connectivity index (χ1n) is 18.6. The molecule has 3 unspecified atom stereocenters. The lowest BCUT2D eigenvalue weighted by atomic mass is 9.78. The lowest BCUT2D eigenvalue weighted by molar-refractivity contribution is -0.116. The van der Waals surface area contributed by atoms with Gasteiger partial charge in [0.2, 0.25) is 0 Å². The van der Waals surface area contributed by atoms with Gasteiger partial charge in [0.25, 0.3) is 0 Å². The Morgan fingerprint density at radius 1 is 1.02 bits per heavy atom. The number of aromatic nitrogens is 2. The number of hydrogen-bond donors (Lipinski definition) is 2. The van der Waals surface area contributed by atoms with Crippen LogP contribution in [0.15, 0.2) is 28.9 Å². The van der Waals surface area contributed by atoms with Crippen molar-refractivity contribution in [2.24, 2.45) is 5.41 Å². The molecule has 2 N–H and O–H groups in total. The minimum absolute atomic E-state index is 0.0421. The number of fused-ring (bicyclic) bond motifs is 5. The molecule has 5 atom stereocenters. The largest absolute Gasteiger partial charge is 0.512 e. The van der Waals surface area contributed by atoms with E-state index in [0.717, 1.165) is 45.3 Å². The smallest absolute Gasteiger partial charge is 0.446 e. The molecule has 2 bridgehead atoms. The van der Waals surface area contributed by atoms with E-state index >= 15 is 8.78 Å². The molecule has 9 nitrogen and oxygen atoms in total. The number of aliphatic hydroxyl groups excluding tert-OH is 1. The van der Waals surface area contributed by atoms with E-state index in [1.165, 1.54) is 24.3 Å².